The van der Waals surface area contributed by atoms with Gasteiger partial charge in [0.15, 0.2) is 0 Å². The summed E-state index contributed by atoms with van der Waals surface area (Å²) in [6, 6.07) is 14.4. The van der Waals surface area contributed by atoms with Crippen LogP contribution in [0.1, 0.15) is 0 Å². The fourth-order valence-electron chi connectivity index (χ4n) is 1.21. The molecule has 2 aromatic rings. The molecule has 0 nitrogen and oxygen atoms in total. The molecule has 56 valence electrons. The molecule has 0 aliphatic heterocycles. The van der Waals surface area contributed by atoms with Crippen molar-refractivity contribution in [2.45, 2.75) is 4.90 Å². The van der Waals surface area contributed by atoms with Gasteiger partial charge in [0.1, 0.15) is 0 Å². The maximum atomic E-state index is 4.35. The third kappa shape index (κ3) is 1.69. The fourth-order valence-corrected chi connectivity index (χ4v) is 1.50. The predicted octanol–water partition coefficient (Wildman–Crippen LogP) is 2.48. The third-order valence-electron chi connectivity index (χ3n) is 1.77. The Hall–Kier alpha value is -0.353. The molecule has 0 radical (unpaired) electrons. The second-order valence-corrected chi connectivity index (χ2v) is 2.98. The third-order valence-corrected chi connectivity index (χ3v) is 2.16. The standard InChI is InChI=1S/C10H8S.Li.H/c11-10-7-3-5-8-4-1-2-6-9(8)10;;/h1-7,11H;;. The molecule has 0 N–H and O–H groups in total. The van der Waals surface area contributed by atoms with E-state index in [9.17, 15) is 0 Å². The number of hydrogen-bond donors (Lipinski definition) is 1. The van der Waals surface area contributed by atoms with Gasteiger partial charge in [-0.1, -0.05) is 36.4 Å². The van der Waals surface area contributed by atoms with Gasteiger partial charge in [0.2, 0.25) is 0 Å². The van der Waals surface area contributed by atoms with E-state index in [0.29, 0.717) is 0 Å². The molecule has 0 fully saturated rings. The van der Waals surface area contributed by atoms with Gasteiger partial charge in [0.25, 0.3) is 0 Å². The van der Waals surface area contributed by atoms with Gasteiger partial charge in [-0.25, -0.2) is 0 Å². The predicted molar refractivity (Wildman–Crippen MR) is 58.3 cm³/mol. The molecule has 12 heavy (non-hydrogen) atoms. The van der Waals surface area contributed by atoms with E-state index >= 15 is 0 Å². The van der Waals surface area contributed by atoms with Crippen LogP contribution in [0.5, 0.6) is 0 Å². The number of rotatable bonds is 0. The second-order valence-electron chi connectivity index (χ2n) is 2.50. The number of fused-ring (bicyclic) bond motifs is 1. The Labute approximate surface area is 89.6 Å². The first-order valence-electron chi connectivity index (χ1n) is 3.54. The van der Waals surface area contributed by atoms with Crippen LogP contribution in [0.4, 0.5) is 0 Å². The van der Waals surface area contributed by atoms with Gasteiger partial charge >= 0.3 is 18.9 Å². The van der Waals surface area contributed by atoms with E-state index in [-0.39, 0.29) is 18.9 Å². The van der Waals surface area contributed by atoms with Crippen LogP contribution in [0.2, 0.25) is 0 Å². The van der Waals surface area contributed by atoms with E-state index in [4.69, 9.17) is 0 Å². The Morgan fingerprint density at radius 1 is 0.833 bits per heavy atom. The van der Waals surface area contributed by atoms with Crippen LogP contribution in [0.3, 0.4) is 0 Å². The van der Waals surface area contributed by atoms with E-state index in [0.717, 1.165) is 4.90 Å². The Kier molecular flexibility index (Phi) is 3.28. The summed E-state index contributed by atoms with van der Waals surface area (Å²) in [4.78, 5) is 1.04. The van der Waals surface area contributed by atoms with Crippen LogP contribution in [0.15, 0.2) is 47.4 Å². The average Bonchev–Trinajstić information content (AvgIpc) is 2.06. The zero-order valence-corrected chi connectivity index (χ0v) is 6.88. The van der Waals surface area contributed by atoms with Gasteiger partial charge in [-0.3, -0.25) is 0 Å². The monoisotopic (exact) mass is 168 g/mol. The van der Waals surface area contributed by atoms with Gasteiger partial charge in [-0.15, -0.1) is 12.6 Å². The molecular weight excluding hydrogens is 159 g/mol. The van der Waals surface area contributed by atoms with Gasteiger partial charge in [-0.2, -0.15) is 0 Å². The van der Waals surface area contributed by atoms with E-state index in [1.165, 1.54) is 10.8 Å². The molecule has 0 saturated carbocycles. The van der Waals surface area contributed by atoms with Crippen molar-refractivity contribution in [2.75, 3.05) is 0 Å². The van der Waals surface area contributed by atoms with Gasteiger partial charge in [0, 0.05) is 4.90 Å². The first kappa shape index (κ1) is 9.73. The molecule has 0 saturated heterocycles. The second kappa shape index (κ2) is 4.05. The van der Waals surface area contributed by atoms with Gasteiger partial charge in [0.05, 0.1) is 0 Å². The van der Waals surface area contributed by atoms with Crippen LogP contribution in [0.25, 0.3) is 10.8 Å². The average molecular weight is 168 g/mol. The maximum absolute atomic E-state index is 4.35. The summed E-state index contributed by atoms with van der Waals surface area (Å²) >= 11 is 4.35. The van der Waals surface area contributed by atoms with E-state index in [2.05, 4.69) is 30.8 Å². The molecule has 2 aromatic carbocycles. The minimum atomic E-state index is 0. The topological polar surface area (TPSA) is 0 Å². The molecule has 0 atom stereocenters. The summed E-state index contributed by atoms with van der Waals surface area (Å²) in [5.41, 5.74) is 0. The van der Waals surface area contributed by atoms with Crippen molar-refractivity contribution in [3.8, 4) is 0 Å². The molecule has 0 aliphatic carbocycles. The van der Waals surface area contributed by atoms with Crippen molar-refractivity contribution in [2.24, 2.45) is 0 Å². The molecule has 0 aromatic heterocycles. The SMILES string of the molecule is Sc1cccc2ccccc12.[LiH]. The summed E-state index contributed by atoms with van der Waals surface area (Å²) in [7, 11) is 0. The van der Waals surface area contributed by atoms with Crippen molar-refractivity contribution >= 4 is 42.3 Å². The quantitative estimate of drug-likeness (QED) is 0.453. The molecule has 2 rings (SSSR count). The van der Waals surface area contributed by atoms with Crippen LogP contribution >= 0.6 is 12.6 Å². The Morgan fingerprint density at radius 2 is 1.50 bits per heavy atom. The molecule has 0 aliphatic rings. The van der Waals surface area contributed by atoms with Gasteiger partial charge < -0.3 is 0 Å². The van der Waals surface area contributed by atoms with Crippen LogP contribution in [-0.4, -0.2) is 18.9 Å². The normalized spacial score (nSPS) is 9.42. The molecular formula is C10H9LiS. The Morgan fingerprint density at radius 3 is 2.25 bits per heavy atom. The van der Waals surface area contributed by atoms with Crippen LogP contribution < -0.4 is 0 Å². The number of thiol groups is 1. The summed E-state index contributed by atoms with van der Waals surface area (Å²) in [5.74, 6) is 0. The molecule has 0 bridgehead atoms. The Balaban J connectivity index is 0.000000720. The van der Waals surface area contributed by atoms with Crippen LogP contribution in [0, 0.1) is 0 Å². The van der Waals surface area contributed by atoms with Crippen molar-refractivity contribution in [3.05, 3.63) is 42.5 Å². The van der Waals surface area contributed by atoms with Crippen molar-refractivity contribution in [1.29, 1.82) is 0 Å². The fraction of sp³-hybridized carbons (Fsp3) is 0. The van der Waals surface area contributed by atoms with Gasteiger partial charge in [-0.05, 0) is 16.8 Å². The van der Waals surface area contributed by atoms with Crippen molar-refractivity contribution < 1.29 is 0 Å². The zero-order valence-electron chi connectivity index (χ0n) is 5.99. The van der Waals surface area contributed by atoms with Crippen molar-refractivity contribution in [3.63, 3.8) is 0 Å². The number of benzene rings is 2. The first-order valence-corrected chi connectivity index (χ1v) is 3.99. The summed E-state index contributed by atoms with van der Waals surface area (Å²) in [5, 5.41) is 2.47. The summed E-state index contributed by atoms with van der Waals surface area (Å²) < 4.78 is 0. The van der Waals surface area contributed by atoms with E-state index < -0.39 is 0 Å². The molecule has 0 spiro atoms. The number of hydrogen-bond acceptors (Lipinski definition) is 1. The molecule has 0 amide bonds. The van der Waals surface area contributed by atoms with Crippen LogP contribution in [-0.2, 0) is 0 Å². The zero-order chi connectivity index (χ0) is 7.68. The Bertz CT molecular complexity index is 379. The summed E-state index contributed by atoms with van der Waals surface area (Å²) in [6.45, 7) is 0. The minimum absolute atomic E-state index is 0. The van der Waals surface area contributed by atoms with Crippen molar-refractivity contribution in [1.82, 2.24) is 0 Å². The molecule has 0 heterocycles. The molecule has 0 unspecified atom stereocenters. The van der Waals surface area contributed by atoms with E-state index in [1.807, 2.05) is 24.3 Å². The van der Waals surface area contributed by atoms with E-state index in [1.54, 1.807) is 0 Å². The molecule has 2 heteroatoms. The summed E-state index contributed by atoms with van der Waals surface area (Å²) in [6.07, 6.45) is 0. The first-order chi connectivity index (χ1) is 5.38.